The van der Waals surface area contributed by atoms with Gasteiger partial charge in [-0.3, -0.25) is 0 Å². The van der Waals surface area contributed by atoms with Gasteiger partial charge in [0.25, 0.3) is 0 Å². The van der Waals surface area contributed by atoms with Crippen molar-refractivity contribution >= 4 is 5.97 Å². The van der Waals surface area contributed by atoms with Gasteiger partial charge in [0.2, 0.25) is 0 Å². The molecule has 0 unspecified atom stereocenters. The van der Waals surface area contributed by atoms with Crippen molar-refractivity contribution in [1.29, 1.82) is 0 Å². The van der Waals surface area contributed by atoms with Crippen molar-refractivity contribution in [3.05, 3.63) is 59.9 Å². The number of rotatable bonds is 1. The molecule has 0 fully saturated rings. The van der Waals surface area contributed by atoms with E-state index < -0.39 is 5.97 Å². The summed E-state index contributed by atoms with van der Waals surface area (Å²) in [6, 6.07) is 10.8. The quantitative estimate of drug-likeness (QED) is 0.748. The number of carboxylic acid groups (broad SMARTS) is 1. The molecule has 1 aromatic heterocycles. The Morgan fingerprint density at radius 3 is 2.07 bits per heavy atom. The Balaban J connectivity index is 0.000000187. The van der Waals surface area contributed by atoms with E-state index in [1.54, 1.807) is 25.1 Å². The molecular formula is C12H13NO2. The van der Waals surface area contributed by atoms with Crippen LogP contribution in [0, 0.1) is 6.92 Å². The second-order valence-electron chi connectivity index (χ2n) is 3.00. The molecule has 0 atom stereocenters. The number of aromatic carboxylic acids is 1. The minimum atomic E-state index is -0.863. The van der Waals surface area contributed by atoms with E-state index in [-0.39, 0.29) is 0 Å². The van der Waals surface area contributed by atoms with Gasteiger partial charge in [-0.25, -0.2) is 4.79 Å². The van der Waals surface area contributed by atoms with Crippen molar-refractivity contribution in [2.24, 2.45) is 0 Å². The number of carboxylic acids is 1. The van der Waals surface area contributed by atoms with Gasteiger partial charge in [-0.15, -0.1) is 0 Å². The third kappa shape index (κ3) is 3.68. The van der Waals surface area contributed by atoms with E-state index in [1.165, 1.54) is 0 Å². The smallest absolute Gasteiger partial charge is 0.335 e. The number of hydrogen-bond acceptors (Lipinski definition) is 1. The van der Waals surface area contributed by atoms with Crippen LogP contribution in [0.15, 0.2) is 48.8 Å². The Bertz CT molecular complexity index is 390. The first-order valence-electron chi connectivity index (χ1n) is 4.58. The highest BCUT2D eigenvalue weighted by Gasteiger charge is 2.02. The second-order valence-corrected chi connectivity index (χ2v) is 3.00. The minimum absolute atomic E-state index is 0.377. The molecule has 0 saturated heterocycles. The Morgan fingerprint density at radius 2 is 1.73 bits per heavy atom. The first kappa shape index (κ1) is 11.0. The van der Waals surface area contributed by atoms with Crippen LogP contribution in [0.4, 0.5) is 0 Å². The Hall–Kier alpha value is -2.03. The highest BCUT2D eigenvalue weighted by molar-refractivity contribution is 5.89. The standard InChI is InChI=1S/C8H8O2.C4H5N/c1-6-4-2-3-5-7(6)8(9)10;1-2-4-5-3-1/h2-5H,1H3,(H,9,10);1-5H. The topological polar surface area (TPSA) is 53.1 Å². The molecule has 0 bridgehead atoms. The first-order valence-corrected chi connectivity index (χ1v) is 4.58. The van der Waals surface area contributed by atoms with Gasteiger partial charge in [0.15, 0.2) is 0 Å². The molecule has 15 heavy (non-hydrogen) atoms. The van der Waals surface area contributed by atoms with Gasteiger partial charge in [-0.1, -0.05) is 18.2 Å². The van der Waals surface area contributed by atoms with Crippen LogP contribution in [-0.4, -0.2) is 16.1 Å². The van der Waals surface area contributed by atoms with Gasteiger partial charge in [-0.05, 0) is 30.7 Å². The summed E-state index contributed by atoms with van der Waals surface area (Å²) >= 11 is 0. The molecule has 0 saturated carbocycles. The zero-order valence-electron chi connectivity index (χ0n) is 8.47. The molecule has 1 heterocycles. The van der Waals surface area contributed by atoms with Crippen LogP contribution in [0.5, 0.6) is 0 Å². The fourth-order valence-corrected chi connectivity index (χ4v) is 1.09. The van der Waals surface area contributed by atoms with Crippen LogP contribution < -0.4 is 0 Å². The lowest BCUT2D eigenvalue weighted by atomic mass is 10.1. The summed E-state index contributed by atoms with van der Waals surface area (Å²) < 4.78 is 0. The van der Waals surface area contributed by atoms with E-state index in [0.717, 1.165) is 5.56 Å². The van der Waals surface area contributed by atoms with Crippen molar-refractivity contribution in [3.63, 3.8) is 0 Å². The Labute approximate surface area is 88.4 Å². The monoisotopic (exact) mass is 203 g/mol. The number of benzene rings is 1. The molecule has 3 heteroatoms. The molecule has 0 aliphatic carbocycles. The summed E-state index contributed by atoms with van der Waals surface area (Å²) in [7, 11) is 0. The predicted molar refractivity (Wildman–Crippen MR) is 58.9 cm³/mol. The zero-order chi connectivity index (χ0) is 11.1. The molecule has 0 radical (unpaired) electrons. The van der Waals surface area contributed by atoms with Crippen molar-refractivity contribution in [2.75, 3.05) is 0 Å². The number of aromatic nitrogens is 1. The van der Waals surface area contributed by atoms with Crippen molar-refractivity contribution in [2.45, 2.75) is 6.92 Å². The van der Waals surface area contributed by atoms with Crippen LogP contribution in [0.25, 0.3) is 0 Å². The molecule has 0 amide bonds. The molecular weight excluding hydrogens is 190 g/mol. The van der Waals surface area contributed by atoms with E-state index in [2.05, 4.69) is 4.98 Å². The van der Waals surface area contributed by atoms with Crippen LogP contribution in [-0.2, 0) is 0 Å². The molecule has 3 nitrogen and oxygen atoms in total. The molecule has 2 aromatic rings. The zero-order valence-corrected chi connectivity index (χ0v) is 8.47. The fraction of sp³-hybridized carbons (Fsp3) is 0.0833. The SMILES string of the molecule is Cc1ccccc1C(=O)O.c1cc[nH]c1. The van der Waals surface area contributed by atoms with Crippen LogP contribution in [0.3, 0.4) is 0 Å². The maximum atomic E-state index is 10.4. The molecule has 1 aromatic carbocycles. The summed E-state index contributed by atoms with van der Waals surface area (Å²) in [4.78, 5) is 13.3. The average molecular weight is 203 g/mol. The number of aromatic amines is 1. The highest BCUT2D eigenvalue weighted by atomic mass is 16.4. The molecule has 78 valence electrons. The third-order valence-corrected chi connectivity index (χ3v) is 1.87. The van der Waals surface area contributed by atoms with E-state index in [1.807, 2.05) is 30.6 Å². The van der Waals surface area contributed by atoms with E-state index in [0.29, 0.717) is 5.56 Å². The molecule has 2 N–H and O–H groups in total. The lowest BCUT2D eigenvalue weighted by Gasteiger charge is -1.96. The normalized spacial score (nSPS) is 8.87. The summed E-state index contributed by atoms with van der Waals surface area (Å²) in [6.45, 7) is 1.78. The third-order valence-electron chi connectivity index (χ3n) is 1.87. The highest BCUT2D eigenvalue weighted by Crippen LogP contribution is 2.05. The number of carbonyl (C=O) groups is 1. The van der Waals surface area contributed by atoms with Gasteiger partial charge in [0.05, 0.1) is 5.56 Å². The van der Waals surface area contributed by atoms with E-state index in [9.17, 15) is 4.79 Å². The molecule has 0 aliphatic heterocycles. The van der Waals surface area contributed by atoms with Gasteiger partial charge in [-0.2, -0.15) is 0 Å². The predicted octanol–water partition coefficient (Wildman–Crippen LogP) is 2.71. The van der Waals surface area contributed by atoms with Crippen molar-refractivity contribution < 1.29 is 9.90 Å². The van der Waals surface area contributed by atoms with Gasteiger partial charge >= 0.3 is 5.97 Å². The Kier molecular flexibility index (Phi) is 4.16. The second kappa shape index (κ2) is 5.65. The van der Waals surface area contributed by atoms with Crippen LogP contribution in [0.1, 0.15) is 15.9 Å². The number of aryl methyl sites for hydroxylation is 1. The Morgan fingerprint density at radius 1 is 1.13 bits per heavy atom. The maximum Gasteiger partial charge on any atom is 0.335 e. The summed E-state index contributed by atoms with van der Waals surface area (Å²) in [5, 5.41) is 8.57. The van der Waals surface area contributed by atoms with Gasteiger partial charge < -0.3 is 10.1 Å². The fourth-order valence-electron chi connectivity index (χ4n) is 1.09. The molecule has 2 rings (SSSR count). The number of hydrogen-bond donors (Lipinski definition) is 2. The number of H-pyrrole nitrogens is 1. The van der Waals surface area contributed by atoms with Crippen molar-refractivity contribution in [1.82, 2.24) is 4.98 Å². The van der Waals surface area contributed by atoms with Crippen LogP contribution in [0.2, 0.25) is 0 Å². The summed E-state index contributed by atoms with van der Waals surface area (Å²) in [5.41, 5.74) is 1.18. The average Bonchev–Trinajstić information content (AvgIpc) is 2.75. The van der Waals surface area contributed by atoms with Gasteiger partial charge in [0, 0.05) is 12.4 Å². The lowest BCUT2D eigenvalue weighted by Crippen LogP contribution is -1.97. The molecule has 0 aliphatic rings. The minimum Gasteiger partial charge on any atom is -0.478 e. The van der Waals surface area contributed by atoms with Gasteiger partial charge in [0.1, 0.15) is 0 Å². The van der Waals surface area contributed by atoms with Crippen molar-refractivity contribution in [3.8, 4) is 0 Å². The summed E-state index contributed by atoms with van der Waals surface area (Å²) in [6.07, 6.45) is 3.75. The largest absolute Gasteiger partial charge is 0.478 e. The lowest BCUT2D eigenvalue weighted by molar-refractivity contribution is 0.0696. The maximum absolute atomic E-state index is 10.4. The molecule has 0 spiro atoms. The van der Waals surface area contributed by atoms with E-state index >= 15 is 0 Å². The summed E-state index contributed by atoms with van der Waals surface area (Å²) in [5.74, 6) is -0.863. The first-order chi connectivity index (χ1) is 7.22. The number of nitrogens with one attached hydrogen (secondary N) is 1. The van der Waals surface area contributed by atoms with E-state index in [4.69, 9.17) is 5.11 Å². The van der Waals surface area contributed by atoms with Crippen LogP contribution >= 0.6 is 0 Å².